The Hall–Kier alpha value is -3.88. The van der Waals surface area contributed by atoms with E-state index in [9.17, 15) is 19.5 Å². The van der Waals surface area contributed by atoms with E-state index in [4.69, 9.17) is 16.3 Å². The van der Waals surface area contributed by atoms with Crippen LogP contribution in [-0.4, -0.2) is 72.5 Å². The minimum Gasteiger partial charge on any atom is -0.497 e. The number of imide groups is 1. The van der Waals surface area contributed by atoms with Gasteiger partial charge in [0.25, 0.3) is 17.7 Å². The topological polar surface area (TPSA) is 90.4 Å². The number of hydrogen-bond acceptors (Lipinski definition) is 6. The van der Waals surface area contributed by atoms with Crippen LogP contribution in [-0.2, 0) is 11.2 Å². The number of amides is 3. The van der Waals surface area contributed by atoms with Crippen LogP contribution in [0.3, 0.4) is 0 Å². The lowest BCUT2D eigenvalue weighted by Crippen LogP contribution is -2.50. The molecule has 9 heteroatoms. The molecule has 3 aromatic rings. The SMILES string of the molecule is COc1cccc(CCN2C(=O)c3cccc(N4CCN(C(=O)C(O)c5ccc(Cl)cc5)CC4)c3C2=O)c1. The molecule has 1 fully saturated rings. The van der Waals surface area contributed by atoms with Gasteiger partial charge < -0.3 is 19.6 Å². The largest absolute Gasteiger partial charge is 0.497 e. The number of nitrogens with zero attached hydrogens (tertiary/aromatic N) is 3. The number of fused-ring (bicyclic) bond motifs is 1. The Bertz CT molecular complexity index is 1370. The maximum atomic E-state index is 13.4. The summed E-state index contributed by atoms with van der Waals surface area (Å²) in [4.78, 5) is 44.4. The first-order valence-corrected chi connectivity index (χ1v) is 12.8. The lowest BCUT2D eigenvalue weighted by molar-refractivity contribution is -0.140. The number of methoxy groups -OCH3 is 1. The summed E-state index contributed by atoms with van der Waals surface area (Å²) in [6.45, 7) is 1.98. The fourth-order valence-electron chi connectivity index (χ4n) is 4.98. The van der Waals surface area contributed by atoms with Gasteiger partial charge >= 0.3 is 0 Å². The second-order valence-corrected chi connectivity index (χ2v) is 9.77. The molecule has 3 amide bonds. The van der Waals surface area contributed by atoms with Gasteiger partial charge in [-0.25, -0.2) is 0 Å². The van der Waals surface area contributed by atoms with Crippen LogP contribution < -0.4 is 9.64 Å². The Morgan fingerprint density at radius 1 is 0.974 bits per heavy atom. The van der Waals surface area contributed by atoms with Crippen molar-refractivity contribution in [1.29, 1.82) is 0 Å². The van der Waals surface area contributed by atoms with Crippen molar-refractivity contribution in [3.63, 3.8) is 0 Å². The van der Waals surface area contributed by atoms with Crippen LogP contribution in [0.15, 0.2) is 66.7 Å². The molecule has 0 saturated carbocycles. The van der Waals surface area contributed by atoms with Crippen molar-refractivity contribution in [2.24, 2.45) is 0 Å². The predicted molar refractivity (Wildman–Crippen MR) is 144 cm³/mol. The molecular weight excluding hydrogens is 506 g/mol. The number of halogens is 1. The van der Waals surface area contributed by atoms with E-state index >= 15 is 0 Å². The molecule has 0 spiro atoms. The molecular formula is C29H28ClN3O5. The smallest absolute Gasteiger partial charge is 0.263 e. The Balaban J connectivity index is 1.26. The number of anilines is 1. The lowest BCUT2D eigenvalue weighted by Gasteiger charge is -2.37. The Labute approximate surface area is 226 Å². The van der Waals surface area contributed by atoms with Gasteiger partial charge in [0.15, 0.2) is 6.10 Å². The first-order chi connectivity index (χ1) is 18.4. The van der Waals surface area contributed by atoms with Gasteiger partial charge in [0.1, 0.15) is 5.75 Å². The molecule has 5 rings (SSSR count). The number of piperazine rings is 1. The van der Waals surface area contributed by atoms with Gasteiger partial charge in [-0.05, 0) is 53.9 Å². The van der Waals surface area contributed by atoms with Crippen molar-refractivity contribution in [3.05, 3.63) is 94.0 Å². The molecule has 0 radical (unpaired) electrons. The number of ether oxygens (including phenoxy) is 1. The normalized spacial score (nSPS) is 16.0. The molecule has 1 unspecified atom stereocenters. The molecule has 196 valence electrons. The number of carbonyl (C=O) groups is 3. The molecule has 0 bridgehead atoms. The van der Waals surface area contributed by atoms with Gasteiger partial charge in [-0.3, -0.25) is 19.3 Å². The zero-order valence-electron chi connectivity index (χ0n) is 21.0. The molecule has 8 nitrogen and oxygen atoms in total. The van der Waals surface area contributed by atoms with Crippen molar-refractivity contribution in [1.82, 2.24) is 9.80 Å². The molecule has 1 saturated heterocycles. The van der Waals surface area contributed by atoms with Crippen LogP contribution in [0, 0.1) is 0 Å². The Morgan fingerprint density at radius 2 is 1.68 bits per heavy atom. The molecule has 1 atom stereocenters. The summed E-state index contributed by atoms with van der Waals surface area (Å²) in [7, 11) is 1.60. The van der Waals surface area contributed by atoms with Gasteiger partial charge in [0.05, 0.1) is 23.9 Å². The van der Waals surface area contributed by atoms with Crippen LogP contribution in [0.1, 0.15) is 37.9 Å². The summed E-state index contributed by atoms with van der Waals surface area (Å²) >= 11 is 5.91. The zero-order chi connectivity index (χ0) is 26.8. The van der Waals surface area contributed by atoms with Gasteiger partial charge in [0, 0.05) is 37.7 Å². The average molecular weight is 534 g/mol. The molecule has 1 N–H and O–H groups in total. The summed E-state index contributed by atoms with van der Waals surface area (Å²) in [5.74, 6) is -0.250. The molecule has 0 aliphatic carbocycles. The van der Waals surface area contributed by atoms with Gasteiger partial charge in [0.2, 0.25) is 0 Å². The second kappa shape index (κ2) is 10.8. The van der Waals surface area contributed by atoms with Crippen LogP contribution in [0.2, 0.25) is 5.02 Å². The third-order valence-corrected chi connectivity index (χ3v) is 7.34. The van der Waals surface area contributed by atoms with Crippen molar-refractivity contribution in [2.45, 2.75) is 12.5 Å². The van der Waals surface area contributed by atoms with Crippen molar-refractivity contribution < 1.29 is 24.2 Å². The lowest BCUT2D eigenvalue weighted by atomic mass is 10.1. The van der Waals surface area contributed by atoms with Crippen molar-refractivity contribution in [2.75, 3.05) is 44.7 Å². The molecule has 3 aromatic carbocycles. The van der Waals surface area contributed by atoms with E-state index in [0.29, 0.717) is 60.0 Å². The number of rotatable bonds is 7. The Morgan fingerprint density at radius 3 is 2.39 bits per heavy atom. The average Bonchev–Trinajstić information content (AvgIpc) is 3.20. The molecule has 2 heterocycles. The number of benzene rings is 3. The molecule has 2 aliphatic heterocycles. The van der Waals surface area contributed by atoms with E-state index in [1.807, 2.05) is 35.2 Å². The highest BCUT2D eigenvalue weighted by Crippen LogP contribution is 2.33. The zero-order valence-corrected chi connectivity index (χ0v) is 21.7. The van der Waals surface area contributed by atoms with E-state index in [1.165, 1.54) is 4.90 Å². The van der Waals surface area contributed by atoms with E-state index in [0.717, 1.165) is 11.3 Å². The minimum atomic E-state index is -1.27. The quantitative estimate of drug-likeness (QED) is 0.467. The monoisotopic (exact) mass is 533 g/mol. The van der Waals surface area contributed by atoms with Crippen molar-refractivity contribution in [3.8, 4) is 5.75 Å². The van der Waals surface area contributed by atoms with E-state index in [-0.39, 0.29) is 24.3 Å². The Kier molecular flexibility index (Phi) is 7.35. The summed E-state index contributed by atoms with van der Waals surface area (Å²) in [6.07, 6.45) is -0.744. The summed E-state index contributed by atoms with van der Waals surface area (Å²) < 4.78 is 5.27. The van der Waals surface area contributed by atoms with E-state index in [1.54, 1.807) is 48.4 Å². The molecule has 2 aliphatic rings. The minimum absolute atomic E-state index is 0.268. The van der Waals surface area contributed by atoms with E-state index in [2.05, 4.69) is 0 Å². The van der Waals surface area contributed by atoms with Gasteiger partial charge in [-0.2, -0.15) is 0 Å². The highest BCUT2D eigenvalue weighted by atomic mass is 35.5. The number of carbonyl (C=O) groups excluding carboxylic acids is 3. The predicted octanol–water partition coefficient (Wildman–Crippen LogP) is 3.57. The molecule has 0 aromatic heterocycles. The van der Waals surface area contributed by atoms with Crippen LogP contribution >= 0.6 is 11.6 Å². The summed E-state index contributed by atoms with van der Waals surface area (Å²) in [5, 5.41) is 11.1. The second-order valence-electron chi connectivity index (χ2n) is 9.33. The third kappa shape index (κ3) is 4.97. The standard InChI is InChI=1S/C29H28ClN3O5/c1-38-22-5-2-4-19(18-22)12-13-33-27(35)23-6-3-7-24(25(23)28(33)36)31-14-16-32(17-15-31)29(37)26(34)20-8-10-21(30)11-9-20/h2-11,18,26,34H,12-17H2,1H3. The maximum Gasteiger partial charge on any atom is 0.263 e. The van der Waals surface area contributed by atoms with Crippen LogP contribution in [0.25, 0.3) is 0 Å². The number of hydrogen-bond donors (Lipinski definition) is 1. The molecule has 38 heavy (non-hydrogen) atoms. The highest BCUT2D eigenvalue weighted by Gasteiger charge is 2.39. The van der Waals surface area contributed by atoms with E-state index < -0.39 is 6.10 Å². The first kappa shape index (κ1) is 25.8. The summed E-state index contributed by atoms with van der Waals surface area (Å²) in [6, 6.07) is 19.4. The highest BCUT2D eigenvalue weighted by molar-refractivity contribution is 6.30. The maximum absolute atomic E-state index is 13.4. The number of aliphatic hydroxyl groups is 1. The third-order valence-electron chi connectivity index (χ3n) is 7.09. The first-order valence-electron chi connectivity index (χ1n) is 12.5. The summed E-state index contributed by atoms with van der Waals surface area (Å²) in [5.41, 5.74) is 2.96. The van der Waals surface area contributed by atoms with Crippen LogP contribution in [0.5, 0.6) is 5.75 Å². The van der Waals surface area contributed by atoms with Crippen molar-refractivity contribution >= 4 is 35.0 Å². The fraction of sp³-hybridized carbons (Fsp3) is 0.276. The van der Waals surface area contributed by atoms with Crippen LogP contribution in [0.4, 0.5) is 5.69 Å². The van der Waals surface area contributed by atoms with Gasteiger partial charge in [-0.15, -0.1) is 0 Å². The van der Waals surface area contributed by atoms with Gasteiger partial charge in [-0.1, -0.05) is 41.9 Å². The fourth-order valence-corrected chi connectivity index (χ4v) is 5.11. The number of aliphatic hydroxyl groups excluding tert-OH is 1.